The molecule has 0 heterocycles. The highest BCUT2D eigenvalue weighted by atomic mass is 79.9. The number of carbonyl (C=O) groups is 1. The summed E-state index contributed by atoms with van der Waals surface area (Å²) in [5.41, 5.74) is -1.08. The van der Waals surface area contributed by atoms with E-state index in [2.05, 4.69) is 21.2 Å². The molecule has 0 saturated carbocycles. The van der Waals surface area contributed by atoms with Crippen molar-refractivity contribution in [2.45, 2.75) is 20.3 Å². The SMILES string of the molecule is CCC(C)(C#N)C(=O)Nc1cc(Br)ccc1F. The molecule has 1 rings (SSSR count). The van der Waals surface area contributed by atoms with E-state index in [0.29, 0.717) is 10.9 Å². The lowest BCUT2D eigenvalue weighted by Crippen LogP contribution is -2.31. The van der Waals surface area contributed by atoms with Crippen LogP contribution in [-0.4, -0.2) is 5.91 Å². The maximum absolute atomic E-state index is 13.4. The molecule has 0 fully saturated rings. The minimum absolute atomic E-state index is 0.0688. The predicted molar refractivity (Wildman–Crippen MR) is 66.7 cm³/mol. The van der Waals surface area contributed by atoms with Crippen LogP contribution >= 0.6 is 15.9 Å². The minimum atomic E-state index is -1.14. The van der Waals surface area contributed by atoms with Crippen LogP contribution in [0, 0.1) is 22.6 Å². The first-order valence-electron chi connectivity index (χ1n) is 5.10. The van der Waals surface area contributed by atoms with Crippen LogP contribution in [0.25, 0.3) is 0 Å². The molecule has 0 bridgehead atoms. The van der Waals surface area contributed by atoms with E-state index in [1.54, 1.807) is 6.92 Å². The van der Waals surface area contributed by atoms with Crippen LogP contribution in [0.1, 0.15) is 20.3 Å². The fourth-order valence-electron chi connectivity index (χ4n) is 1.14. The molecule has 1 atom stereocenters. The van der Waals surface area contributed by atoms with Gasteiger partial charge in [-0.25, -0.2) is 4.39 Å². The maximum Gasteiger partial charge on any atom is 0.244 e. The van der Waals surface area contributed by atoms with Crippen molar-refractivity contribution < 1.29 is 9.18 Å². The summed E-state index contributed by atoms with van der Waals surface area (Å²) in [6.45, 7) is 3.26. The van der Waals surface area contributed by atoms with E-state index in [1.807, 2.05) is 6.07 Å². The Labute approximate surface area is 108 Å². The monoisotopic (exact) mass is 298 g/mol. The van der Waals surface area contributed by atoms with Gasteiger partial charge in [-0.1, -0.05) is 22.9 Å². The summed E-state index contributed by atoms with van der Waals surface area (Å²) < 4.78 is 14.1. The lowest BCUT2D eigenvalue weighted by Gasteiger charge is -2.18. The number of nitrogens with one attached hydrogen (secondary N) is 1. The van der Waals surface area contributed by atoms with Crippen molar-refractivity contribution in [3.05, 3.63) is 28.5 Å². The average molecular weight is 299 g/mol. The number of nitriles is 1. The van der Waals surface area contributed by atoms with Crippen LogP contribution in [0.2, 0.25) is 0 Å². The summed E-state index contributed by atoms with van der Waals surface area (Å²) in [5, 5.41) is 11.4. The van der Waals surface area contributed by atoms with E-state index in [1.165, 1.54) is 25.1 Å². The highest BCUT2D eigenvalue weighted by Crippen LogP contribution is 2.25. The second-order valence-electron chi connectivity index (χ2n) is 3.88. The molecule has 3 nitrogen and oxygen atoms in total. The van der Waals surface area contributed by atoms with Crippen molar-refractivity contribution in [2.24, 2.45) is 5.41 Å². The summed E-state index contributed by atoms with van der Waals surface area (Å²) in [7, 11) is 0. The number of nitrogens with zero attached hydrogens (tertiary/aromatic N) is 1. The molecule has 0 radical (unpaired) electrons. The zero-order valence-corrected chi connectivity index (χ0v) is 11.1. The van der Waals surface area contributed by atoms with Gasteiger partial charge in [0.25, 0.3) is 0 Å². The molecule has 17 heavy (non-hydrogen) atoms. The Balaban J connectivity index is 2.96. The second kappa shape index (κ2) is 5.28. The Morgan fingerprint density at radius 1 is 1.65 bits per heavy atom. The van der Waals surface area contributed by atoms with Gasteiger partial charge in [-0.15, -0.1) is 0 Å². The Bertz CT molecular complexity index is 484. The Hall–Kier alpha value is -1.41. The Kier molecular flexibility index (Phi) is 4.24. The van der Waals surface area contributed by atoms with Gasteiger partial charge in [-0.2, -0.15) is 5.26 Å². The maximum atomic E-state index is 13.4. The van der Waals surface area contributed by atoms with Crippen molar-refractivity contribution in [3.8, 4) is 6.07 Å². The fourth-order valence-corrected chi connectivity index (χ4v) is 1.51. The van der Waals surface area contributed by atoms with Crippen LogP contribution in [0.15, 0.2) is 22.7 Å². The van der Waals surface area contributed by atoms with Crippen molar-refractivity contribution in [1.29, 1.82) is 5.26 Å². The number of carbonyl (C=O) groups excluding carboxylic acids is 1. The third kappa shape index (κ3) is 3.04. The molecular formula is C12H12BrFN2O. The highest BCUT2D eigenvalue weighted by Gasteiger charge is 2.31. The van der Waals surface area contributed by atoms with E-state index < -0.39 is 17.1 Å². The number of hydrogen-bond donors (Lipinski definition) is 1. The molecular weight excluding hydrogens is 287 g/mol. The molecule has 0 aliphatic heterocycles. The third-order valence-electron chi connectivity index (χ3n) is 2.63. The largest absolute Gasteiger partial charge is 0.322 e. The van der Waals surface area contributed by atoms with Crippen LogP contribution in [-0.2, 0) is 4.79 Å². The van der Waals surface area contributed by atoms with E-state index in [0.717, 1.165) is 0 Å². The van der Waals surface area contributed by atoms with Gasteiger partial charge in [0.2, 0.25) is 5.91 Å². The summed E-state index contributed by atoms with van der Waals surface area (Å²) in [5.74, 6) is -1.03. The molecule has 1 amide bonds. The van der Waals surface area contributed by atoms with Gasteiger partial charge in [0.05, 0.1) is 11.8 Å². The van der Waals surface area contributed by atoms with Crippen LogP contribution in [0.3, 0.4) is 0 Å². The first-order chi connectivity index (χ1) is 7.92. The molecule has 0 saturated heterocycles. The molecule has 1 aromatic carbocycles. The van der Waals surface area contributed by atoms with Gasteiger partial charge in [-0.05, 0) is 31.5 Å². The standard InChI is InChI=1S/C12H12BrFN2O/c1-3-12(2,7-15)11(17)16-10-6-8(13)4-5-9(10)14/h4-6H,3H2,1-2H3,(H,16,17). The van der Waals surface area contributed by atoms with Crippen LogP contribution in [0.4, 0.5) is 10.1 Å². The first kappa shape index (κ1) is 13.7. The normalized spacial score (nSPS) is 13.6. The molecule has 1 aromatic rings. The molecule has 0 aliphatic rings. The van der Waals surface area contributed by atoms with Crippen molar-refractivity contribution in [1.82, 2.24) is 0 Å². The average Bonchev–Trinajstić information content (AvgIpc) is 2.32. The zero-order chi connectivity index (χ0) is 13.1. The van der Waals surface area contributed by atoms with Gasteiger partial charge < -0.3 is 5.32 Å². The Morgan fingerprint density at radius 2 is 2.29 bits per heavy atom. The van der Waals surface area contributed by atoms with Gasteiger partial charge in [0.1, 0.15) is 11.2 Å². The van der Waals surface area contributed by atoms with E-state index in [-0.39, 0.29) is 5.69 Å². The van der Waals surface area contributed by atoms with Gasteiger partial charge in [-0.3, -0.25) is 4.79 Å². The number of benzene rings is 1. The summed E-state index contributed by atoms with van der Waals surface area (Å²) >= 11 is 3.19. The van der Waals surface area contributed by atoms with Crippen molar-refractivity contribution in [2.75, 3.05) is 5.32 Å². The number of anilines is 1. The van der Waals surface area contributed by atoms with Gasteiger partial charge in [0, 0.05) is 4.47 Å². The quantitative estimate of drug-likeness (QED) is 0.929. The molecule has 0 spiro atoms. The van der Waals surface area contributed by atoms with Crippen LogP contribution < -0.4 is 5.32 Å². The molecule has 0 aliphatic carbocycles. The smallest absolute Gasteiger partial charge is 0.244 e. The molecule has 5 heteroatoms. The molecule has 1 unspecified atom stereocenters. The van der Waals surface area contributed by atoms with E-state index in [9.17, 15) is 9.18 Å². The highest BCUT2D eigenvalue weighted by molar-refractivity contribution is 9.10. The topological polar surface area (TPSA) is 52.9 Å². The second-order valence-corrected chi connectivity index (χ2v) is 4.79. The minimum Gasteiger partial charge on any atom is -0.322 e. The number of rotatable bonds is 3. The lowest BCUT2D eigenvalue weighted by molar-refractivity contribution is -0.122. The first-order valence-corrected chi connectivity index (χ1v) is 5.90. The lowest BCUT2D eigenvalue weighted by atomic mass is 9.88. The summed E-state index contributed by atoms with van der Waals surface area (Å²) in [6.07, 6.45) is 0.366. The molecule has 1 N–H and O–H groups in total. The van der Waals surface area contributed by atoms with E-state index in [4.69, 9.17) is 5.26 Å². The Morgan fingerprint density at radius 3 is 2.82 bits per heavy atom. The summed E-state index contributed by atoms with van der Waals surface area (Å²) in [6, 6.07) is 6.18. The number of amides is 1. The third-order valence-corrected chi connectivity index (χ3v) is 3.12. The summed E-state index contributed by atoms with van der Waals surface area (Å²) in [4.78, 5) is 11.8. The number of halogens is 2. The van der Waals surface area contributed by atoms with Gasteiger partial charge in [0.15, 0.2) is 0 Å². The van der Waals surface area contributed by atoms with Crippen LogP contribution in [0.5, 0.6) is 0 Å². The zero-order valence-electron chi connectivity index (χ0n) is 9.55. The van der Waals surface area contributed by atoms with Crippen molar-refractivity contribution in [3.63, 3.8) is 0 Å². The van der Waals surface area contributed by atoms with Crippen molar-refractivity contribution >= 4 is 27.5 Å². The molecule has 90 valence electrons. The van der Waals surface area contributed by atoms with E-state index >= 15 is 0 Å². The predicted octanol–water partition coefficient (Wildman–Crippen LogP) is 3.47. The number of hydrogen-bond acceptors (Lipinski definition) is 2. The molecule has 0 aromatic heterocycles. The van der Waals surface area contributed by atoms with Gasteiger partial charge >= 0.3 is 0 Å². The fraction of sp³-hybridized carbons (Fsp3) is 0.333.